The highest BCUT2D eigenvalue weighted by atomic mass is 35.5. The molecule has 1 aromatic carbocycles. The molecule has 3 rings (SSSR count). The number of amides is 2. The fourth-order valence-electron chi connectivity index (χ4n) is 2.51. The Balaban J connectivity index is 1.64. The molecule has 4 N–H and O–H groups in total. The third kappa shape index (κ3) is 7.15. The third-order valence-corrected chi connectivity index (χ3v) is 4.70. The maximum Gasteiger partial charge on any atom is 0.272 e. The molecule has 2 amide bonds. The van der Waals surface area contributed by atoms with Crippen molar-refractivity contribution in [3.05, 3.63) is 46.4 Å². The van der Waals surface area contributed by atoms with Crippen LogP contribution in [0.4, 0.5) is 11.6 Å². The van der Waals surface area contributed by atoms with Crippen LogP contribution in [-0.4, -0.2) is 57.5 Å². The van der Waals surface area contributed by atoms with Gasteiger partial charge in [0.2, 0.25) is 5.91 Å². The van der Waals surface area contributed by atoms with Crippen LogP contribution in [0.2, 0.25) is 5.02 Å². The zero-order valence-electron chi connectivity index (χ0n) is 16.7. The standard InChI is InChI=1S/C19H21ClN8O2S/c1-12(29)21-6-7-22-16-10-17(23-8-9-24-19(30)15-11-31-28-27-15)26-18(25-16)13-2-4-14(20)5-3-13/h2-5,10-11H,6-9H2,1H3,(H,21,29)(H,24,30)(H2,22,23,25,26). The van der Waals surface area contributed by atoms with Gasteiger partial charge in [0.05, 0.1) is 0 Å². The zero-order chi connectivity index (χ0) is 22.1. The molecule has 12 heteroatoms. The first-order valence-corrected chi connectivity index (χ1v) is 10.6. The maximum atomic E-state index is 11.9. The SMILES string of the molecule is CC(=O)NCCNc1cc(NCCNC(=O)c2csnn2)nc(-c2ccc(Cl)cc2)n1. The van der Waals surface area contributed by atoms with Gasteiger partial charge in [-0.15, -0.1) is 5.10 Å². The number of carbonyl (C=O) groups is 2. The number of nitrogens with one attached hydrogen (secondary N) is 4. The van der Waals surface area contributed by atoms with Crippen LogP contribution >= 0.6 is 23.1 Å². The van der Waals surface area contributed by atoms with E-state index >= 15 is 0 Å². The van der Waals surface area contributed by atoms with Gasteiger partial charge in [-0.05, 0) is 35.8 Å². The zero-order valence-corrected chi connectivity index (χ0v) is 18.3. The first-order chi connectivity index (χ1) is 15.0. The van der Waals surface area contributed by atoms with Crippen LogP contribution in [0.15, 0.2) is 35.7 Å². The molecule has 0 atom stereocenters. The lowest BCUT2D eigenvalue weighted by Gasteiger charge is -2.12. The molecule has 10 nitrogen and oxygen atoms in total. The lowest BCUT2D eigenvalue weighted by Crippen LogP contribution is -2.29. The number of anilines is 2. The number of carbonyl (C=O) groups excluding carboxylic acids is 2. The second-order valence-electron chi connectivity index (χ2n) is 6.35. The minimum absolute atomic E-state index is 0.0934. The molecule has 2 aromatic heterocycles. The molecule has 0 saturated heterocycles. The number of halogens is 1. The quantitative estimate of drug-likeness (QED) is 0.338. The molecule has 0 bridgehead atoms. The van der Waals surface area contributed by atoms with Crippen molar-refractivity contribution >= 4 is 46.6 Å². The summed E-state index contributed by atoms with van der Waals surface area (Å²) in [5.41, 5.74) is 1.10. The summed E-state index contributed by atoms with van der Waals surface area (Å²) in [4.78, 5) is 32.0. The van der Waals surface area contributed by atoms with E-state index in [1.807, 2.05) is 12.1 Å². The van der Waals surface area contributed by atoms with Gasteiger partial charge in [0.15, 0.2) is 11.5 Å². The van der Waals surface area contributed by atoms with Gasteiger partial charge in [-0.2, -0.15) is 0 Å². The summed E-state index contributed by atoms with van der Waals surface area (Å²) in [5.74, 6) is 1.34. The smallest absolute Gasteiger partial charge is 0.272 e. The molecule has 0 unspecified atom stereocenters. The largest absolute Gasteiger partial charge is 0.368 e. The van der Waals surface area contributed by atoms with Gasteiger partial charge in [0, 0.05) is 55.1 Å². The van der Waals surface area contributed by atoms with E-state index in [-0.39, 0.29) is 11.8 Å². The van der Waals surface area contributed by atoms with Crippen LogP contribution in [0, 0.1) is 0 Å². The van der Waals surface area contributed by atoms with Gasteiger partial charge in [-0.3, -0.25) is 9.59 Å². The molecule has 0 radical (unpaired) electrons. The Morgan fingerprint density at radius 1 is 0.968 bits per heavy atom. The summed E-state index contributed by atoms with van der Waals surface area (Å²) < 4.78 is 3.67. The Kier molecular flexibility index (Phi) is 8.07. The molecule has 0 saturated carbocycles. The first kappa shape index (κ1) is 22.4. The first-order valence-electron chi connectivity index (χ1n) is 9.44. The highest BCUT2D eigenvalue weighted by molar-refractivity contribution is 7.03. The molecular weight excluding hydrogens is 440 g/mol. The Bertz CT molecular complexity index is 1010. The second kappa shape index (κ2) is 11.2. The molecular formula is C19H21ClN8O2S. The Morgan fingerprint density at radius 3 is 2.19 bits per heavy atom. The van der Waals surface area contributed by atoms with Gasteiger partial charge >= 0.3 is 0 Å². The van der Waals surface area contributed by atoms with Crippen molar-refractivity contribution in [2.75, 3.05) is 36.8 Å². The summed E-state index contributed by atoms with van der Waals surface area (Å²) in [6.45, 7) is 3.27. The third-order valence-electron chi connectivity index (χ3n) is 3.94. The summed E-state index contributed by atoms with van der Waals surface area (Å²) in [7, 11) is 0. The Hall–Kier alpha value is -3.31. The van der Waals surface area contributed by atoms with E-state index in [0.29, 0.717) is 54.4 Å². The average Bonchev–Trinajstić information content (AvgIpc) is 3.29. The molecule has 0 aliphatic carbocycles. The van der Waals surface area contributed by atoms with Gasteiger partial charge in [0.25, 0.3) is 5.91 Å². The lowest BCUT2D eigenvalue weighted by atomic mass is 10.2. The van der Waals surface area contributed by atoms with Gasteiger partial charge in [0.1, 0.15) is 11.6 Å². The average molecular weight is 461 g/mol. The fourth-order valence-corrected chi connectivity index (χ4v) is 3.07. The van der Waals surface area contributed by atoms with Crippen LogP contribution in [0.1, 0.15) is 17.4 Å². The highest BCUT2D eigenvalue weighted by Gasteiger charge is 2.09. The van der Waals surface area contributed by atoms with Gasteiger partial charge in [-0.25, -0.2) is 9.97 Å². The summed E-state index contributed by atoms with van der Waals surface area (Å²) in [6.07, 6.45) is 0. The van der Waals surface area contributed by atoms with Crippen molar-refractivity contribution in [2.24, 2.45) is 0 Å². The van der Waals surface area contributed by atoms with Crippen molar-refractivity contribution in [1.29, 1.82) is 0 Å². The van der Waals surface area contributed by atoms with Gasteiger partial charge < -0.3 is 21.3 Å². The predicted octanol–water partition coefficient (Wildman–Crippen LogP) is 2.04. The molecule has 0 spiro atoms. The maximum absolute atomic E-state index is 11.9. The minimum atomic E-state index is -0.277. The number of nitrogens with zero attached hydrogens (tertiary/aromatic N) is 4. The van der Waals surface area contributed by atoms with Crippen molar-refractivity contribution in [2.45, 2.75) is 6.92 Å². The Labute approximate surface area is 188 Å². The van der Waals surface area contributed by atoms with E-state index < -0.39 is 0 Å². The van der Waals surface area contributed by atoms with Crippen LogP contribution in [0.25, 0.3) is 11.4 Å². The normalized spacial score (nSPS) is 10.4. The number of hydrogen-bond donors (Lipinski definition) is 4. The molecule has 0 fully saturated rings. The minimum Gasteiger partial charge on any atom is -0.368 e. The molecule has 31 heavy (non-hydrogen) atoms. The van der Waals surface area contributed by atoms with Gasteiger partial charge in [-0.1, -0.05) is 16.1 Å². The monoisotopic (exact) mass is 460 g/mol. The van der Waals surface area contributed by atoms with Crippen LogP contribution in [0.5, 0.6) is 0 Å². The summed E-state index contributed by atoms with van der Waals surface area (Å²) >= 11 is 7.10. The van der Waals surface area contributed by atoms with E-state index in [1.54, 1.807) is 23.6 Å². The van der Waals surface area contributed by atoms with Crippen LogP contribution in [0.3, 0.4) is 0 Å². The van der Waals surface area contributed by atoms with E-state index in [2.05, 4.69) is 40.8 Å². The second-order valence-corrected chi connectivity index (χ2v) is 7.40. The summed E-state index contributed by atoms with van der Waals surface area (Å²) in [6, 6.07) is 8.98. The van der Waals surface area contributed by atoms with Crippen molar-refractivity contribution in [3.8, 4) is 11.4 Å². The van der Waals surface area contributed by atoms with Crippen molar-refractivity contribution in [1.82, 2.24) is 30.2 Å². The molecule has 3 aromatic rings. The molecule has 162 valence electrons. The number of rotatable bonds is 10. The van der Waals surface area contributed by atoms with Crippen molar-refractivity contribution < 1.29 is 9.59 Å². The summed E-state index contributed by atoms with van der Waals surface area (Å²) in [5, 5.41) is 17.8. The van der Waals surface area contributed by atoms with E-state index in [0.717, 1.165) is 17.1 Å². The highest BCUT2D eigenvalue weighted by Crippen LogP contribution is 2.22. The van der Waals surface area contributed by atoms with E-state index in [1.165, 1.54) is 6.92 Å². The lowest BCUT2D eigenvalue weighted by molar-refractivity contribution is -0.118. The van der Waals surface area contributed by atoms with Crippen molar-refractivity contribution in [3.63, 3.8) is 0 Å². The molecule has 2 heterocycles. The molecule has 0 aliphatic rings. The predicted molar refractivity (Wildman–Crippen MR) is 120 cm³/mol. The molecule has 0 aliphatic heterocycles. The number of aromatic nitrogens is 4. The van der Waals surface area contributed by atoms with E-state index in [4.69, 9.17) is 11.6 Å². The van der Waals surface area contributed by atoms with Crippen LogP contribution < -0.4 is 21.3 Å². The number of hydrogen-bond acceptors (Lipinski definition) is 9. The number of benzene rings is 1. The van der Waals surface area contributed by atoms with E-state index in [9.17, 15) is 9.59 Å². The fraction of sp³-hybridized carbons (Fsp3) is 0.263. The Morgan fingerprint density at radius 2 is 1.61 bits per heavy atom. The topological polar surface area (TPSA) is 134 Å². The van der Waals surface area contributed by atoms with Crippen LogP contribution in [-0.2, 0) is 4.79 Å².